The van der Waals surface area contributed by atoms with E-state index in [4.69, 9.17) is 0 Å². The number of hydrogen-bond donors (Lipinski definition) is 3. The standard InChI is InChI=1S/C26H22F3N3O4S/c27-26(28,29)36-19-9-7-16(8-10-19)22-23(17-4-2-1-3-5-17)37-25(31-22)32-24(35)18(14-30)12-15-6-11-20(33)21(34)13-15/h6-13,17,33-34H,1-5H2,(H,31,32,35)/b18-12+. The molecule has 192 valence electrons. The Labute approximate surface area is 214 Å². The molecule has 0 spiro atoms. The Morgan fingerprint density at radius 2 is 1.81 bits per heavy atom. The van der Waals surface area contributed by atoms with Crippen LogP contribution in [-0.4, -0.2) is 27.5 Å². The van der Waals surface area contributed by atoms with Crippen molar-refractivity contribution in [3.63, 3.8) is 0 Å². The Morgan fingerprint density at radius 1 is 1.11 bits per heavy atom. The number of anilines is 1. The molecule has 1 amide bonds. The molecule has 0 radical (unpaired) electrons. The molecule has 3 aromatic rings. The van der Waals surface area contributed by atoms with Crippen LogP contribution in [0.1, 0.15) is 48.5 Å². The highest BCUT2D eigenvalue weighted by atomic mass is 32.1. The van der Waals surface area contributed by atoms with Crippen LogP contribution in [0.2, 0.25) is 0 Å². The molecule has 0 saturated heterocycles. The van der Waals surface area contributed by atoms with E-state index < -0.39 is 12.3 Å². The molecule has 1 aliphatic carbocycles. The Bertz CT molecular complexity index is 1350. The number of nitriles is 1. The first-order chi connectivity index (χ1) is 17.6. The van der Waals surface area contributed by atoms with Gasteiger partial charge in [0.15, 0.2) is 16.6 Å². The van der Waals surface area contributed by atoms with Crippen LogP contribution in [0, 0.1) is 11.3 Å². The molecule has 1 aromatic heterocycles. The van der Waals surface area contributed by atoms with E-state index in [1.165, 1.54) is 59.9 Å². The van der Waals surface area contributed by atoms with E-state index in [0.29, 0.717) is 16.8 Å². The van der Waals surface area contributed by atoms with E-state index in [0.717, 1.165) is 37.0 Å². The largest absolute Gasteiger partial charge is 0.573 e. The third-order valence-electron chi connectivity index (χ3n) is 5.89. The molecule has 0 bridgehead atoms. The van der Waals surface area contributed by atoms with Gasteiger partial charge in [0.2, 0.25) is 0 Å². The molecule has 1 aliphatic rings. The normalized spacial score (nSPS) is 14.7. The molecular weight excluding hydrogens is 507 g/mol. The summed E-state index contributed by atoms with van der Waals surface area (Å²) in [7, 11) is 0. The Hall–Kier alpha value is -4.04. The van der Waals surface area contributed by atoms with Crippen molar-refractivity contribution in [1.82, 2.24) is 4.98 Å². The number of ether oxygens (including phenoxy) is 1. The van der Waals surface area contributed by atoms with E-state index in [1.54, 1.807) is 0 Å². The highest BCUT2D eigenvalue weighted by molar-refractivity contribution is 7.16. The fourth-order valence-corrected chi connectivity index (χ4v) is 5.31. The van der Waals surface area contributed by atoms with E-state index in [2.05, 4.69) is 15.0 Å². The number of carbonyl (C=O) groups excluding carboxylic acids is 1. The lowest BCUT2D eigenvalue weighted by atomic mass is 9.87. The molecule has 1 fully saturated rings. The second kappa shape index (κ2) is 10.9. The number of nitrogens with one attached hydrogen (secondary N) is 1. The minimum absolute atomic E-state index is 0.198. The maximum absolute atomic E-state index is 12.8. The zero-order chi connectivity index (χ0) is 26.6. The van der Waals surface area contributed by atoms with Gasteiger partial charge in [-0.25, -0.2) is 4.98 Å². The summed E-state index contributed by atoms with van der Waals surface area (Å²) in [6.07, 6.45) is 1.56. The van der Waals surface area contributed by atoms with Gasteiger partial charge in [0.1, 0.15) is 17.4 Å². The van der Waals surface area contributed by atoms with Crippen LogP contribution in [0.5, 0.6) is 17.2 Å². The Balaban J connectivity index is 1.62. The minimum Gasteiger partial charge on any atom is -0.504 e. The zero-order valence-electron chi connectivity index (χ0n) is 19.4. The summed E-state index contributed by atoms with van der Waals surface area (Å²) in [5.74, 6) is -1.57. The number of thiazole rings is 1. The van der Waals surface area contributed by atoms with Crippen LogP contribution in [0.15, 0.2) is 48.0 Å². The number of phenolic OH excluding ortho intramolecular Hbond substituents is 2. The van der Waals surface area contributed by atoms with Crippen molar-refractivity contribution in [2.24, 2.45) is 0 Å². The van der Waals surface area contributed by atoms with Gasteiger partial charge in [0.25, 0.3) is 5.91 Å². The summed E-state index contributed by atoms with van der Waals surface area (Å²) in [5.41, 5.74) is 1.25. The summed E-state index contributed by atoms with van der Waals surface area (Å²) in [6, 6.07) is 11.1. The number of carbonyl (C=O) groups is 1. The number of halogens is 3. The van der Waals surface area contributed by atoms with Crippen molar-refractivity contribution < 1.29 is 32.9 Å². The van der Waals surface area contributed by atoms with Crippen LogP contribution < -0.4 is 10.1 Å². The van der Waals surface area contributed by atoms with Crippen molar-refractivity contribution in [2.45, 2.75) is 44.4 Å². The smallest absolute Gasteiger partial charge is 0.504 e. The molecule has 3 N–H and O–H groups in total. The summed E-state index contributed by atoms with van der Waals surface area (Å²) < 4.78 is 41.6. The summed E-state index contributed by atoms with van der Waals surface area (Å²) in [4.78, 5) is 18.3. The van der Waals surface area contributed by atoms with Gasteiger partial charge in [0.05, 0.1) is 5.69 Å². The lowest BCUT2D eigenvalue weighted by molar-refractivity contribution is -0.274. The Kier molecular flexibility index (Phi) is 7.69. The van der Waals surface area contributed by atoms with E-state index in [9.17, 15) is 33.4 Å². The van der Waals surface area contributed by atoms with E-state index in [-0.39, 0.29) is 33.9 Å². The molecule has 2 aromatic carbocycles. The number of rotatable bonds is 6. The molecule has 1 saturated carbocycles. The number of amides is 1. The third kappa shape index (κ3) is 6.59. The van der Waals surface area contributed by atoms with Gasteiger partial charge in [-0.1, -0.05) is 25.3 Å². The predicted molar refractivity (Wildman–Crippen MR) is 132 cm³/mol. The van der Waals surface area contributed by atoms with Gasteiger partial charge in [-0.05, 0) is 66.8 Å². The summed E-state index contributed by atoms with van der Waals surface area (Å²) in [6.45, 7) is 0. The summed E-state index contributed by atoms with van der Waals surface area (Å²) in [5, 5.41) is 31.5. The molecule has 11 heteroatoms. The van der Waals surface area contributed by atoms with E-state index in [1.807, 2.05) is 6.07 Å². The zero-order valence-corrected chi connectivity index (χ0v) is 20.2. The monoisotopic (exact) mass is 529 g/mol. The molecule has 4 rings (SSSR count). The van der Waals surface area contributed by atoms with Crippen molar-refractivity contribution in [3.05, 3.63) is 58.5 Å². The van der Waals surface area contributed by atoms with Crippen LogP contribution in [0.3, 0.4) is 0 Å². The maximum atomic E-state index is 12.8. The minimum atomic E-state index is -4.79. The number of aromatic hydroxyl groups is 2. The van der Waals surface area contributed by atoms with E-state index >= 15 is 0 Å². The van der Waals surface area contributed by atoms with Crippen molar-refractivity contribution in [3.8, 4) is 34.6 Å². The average Bonchev–Trinajstić information content (AvgIpc) is 3.28. The Morgan fingerprint density at radius 3 is 2.43 bits per heavy atom. The van der Waals surface area contributed by atoms with Gasteiger partial charge in [-0.2, -0.15) is 5.26 Å². The first-order valence-electron chi connectivity index (χ1n) is 11.4. The number of benzene rings is 2. The van der Waals surface area contributed by atoms with Crippen molar-refractivity contribution in [1.29, 1.82) is 5.26 Å². The van der Waals surface area contributed by atoms with Crippen LogP contribution in [0.4, 0.5) is 18.3 Å². The van der Waals surface area contributed by atoms with Crippen molar-refractivity contribution >= 4 is 28.5 Å². The number of phenols is 2. The molecule has 37 heavy (non-hydrogen) atoms. The van der Waals surface area contributed by atoms with Gasteiger partial charge in [0, 0.05) is 10.4 Å². The number of hydrogen-bond acceptors (Lipinski definition) is 7. The van der Waals surface area contributed by atoms with Gasteiger partial charge in [-0.3, -0.25) is 10.1 Å². The van der Waals surface area contributed by atoms with Gasteiger partial charge in [-0.15, -0.1) is 24.5 Å². The number of aromatic nitrogens is 1. The fraction of sp³-hybridized carbons (Fsp3) is 0.269. The first-order valence-corrected chi connectivity index (χ1v) is 12.3. The first kappa shape index (κ1) is 26.0. The maximum Gasteiger partial charge on any atom is 0.573 e. The van der Waals surface area contributed by atoms with Crippen LogP contribution in [-0.2, 0) is 4.79 Å². The number of alkyl halides is 3. The molecule has 0 aliphatic heterocycles. The SMILES string of the molecule is N#C/C(=C\c1ccc(O)c(O)c1)C(=O)Nc1nc(-c2ccc(OC(F)(F)F)cc2)c(C2CCCCC2)s1. The second-order valence-electron chi connectivity index (χ2n) is 8.51. The molecular formula is C26H22F3N3O4S. The average molecular weight is 530 g/mol. The molecule has 7 nitrogen and oxygen atoms in total. The van der Waals surface area contributed by atoms with Crippen LogP contribution in [0.25, 0.3) is 17.3 Å². The highest BCUT2D eigenvalue weighted by Gasteiger charge is 2.31. The predicted octanol–water partition coefficient (Wildman–Crippen LogP) is 6.71. The molecule has 0 atom stereocenters. The quantitative estimate of drug-likeness (QED) is 0.186. The van der Waals surface area contributed by atoms with Gasteiger partial charge >= 0.3 is 6.36 Å². The lowest BCUT2D eigenvalue weighted by Crippen LogP contribution is -2.16. The number of nitrogens with zero attached hydrogens (tertiary/aromatic N) is 2. The topological polar surface area (TPSA) is 115 Å². The third-order valence-corrected chi connectivity index (χ3v) is 7.02. The van der Waals surface area contributed by atoms with Crippen LogP contribution >= 0.6 is 11.3 Å². The highest BCUT2D eigenvalue weighted by Crippen LogP contribution is 2.43. The van der Waals surface area contributed by atoms with Gasteiger partial charge < -0.3 is 14.9 Å². The summed E-state index contributed by atoms with van der Waals surface area (Å²) >= 11 is 1.28. The molecule has 0 unspecified atom stereocenters. The van der Waals surface area contributed by atoms with Crippen molar-refractivity contribution in [2.75, 3.05) is 5.32 Å². The second-order valence-corrected chi connectivity index (χ2v) is 9.54. The lowest BCUT2D eigenvalue weighted by Gasteiger charge is -2.21. The fourth-order valence-electron chi connectivity index (χ4n) is 4.16. The molecule has 1 heterocycles.